The van der Waals surface area contributed by atoms with E-state index in [4.69, 9.17) is 24.8 Å². The summed E-state index contributed by atoms with van der Waals surface area (Å²) < 4.78 is 54.8. The number of ketones is 1. The first-order valence-corrected chi connectivity index (χ1v) is 11.6. The number of piperidine rings is 1. The van der Waals surface area contributed by atoms with E-state index in [2.05, 4.69) is 0 Å². The maximum atomic E-state index is 12.8. The molecule has 9 nitrogen and oxygen atoms in total. The molecule has 0 bridgehead atoms. The highest BCUT2D eigenvalue weighted by molar-refractivity contribution is 6.01. The molecule has 4 N–H and O–H groups in total. The number of Topliss-reactive ketones (excluding diaryl/α,β-unsaturated/α-hetero) is 1. The molecule has 0 spiro atoms. The Morgan fingerprint density at radius 1 is 1.11 bits per heavy atom. The Bertz CT molecular complexity index is 1240. The fourth-order valence-corrected chi connectivity index (χ4v) is 4.06. The zero-order valence-corrected chi connectivity index (χ0v) is 19.7. The molecule has 198 valence electrons. The Morgan fingerprint density at radius 3 is 2.43 bits per heavy atom. The molecule has 0 radical (unpaired) electrons. The van der Waals surface area contributed by atoms with Crippen molar-refractivity contribution in [3.8, 4) is 11.5 Å². The number of fused-ring (bicyclic) bond motifs is 1. The third kappa shape index (κ3) is 7.00. The van der Waals surface area contributed by atoms with E-state index in [1.807, 2.05) is 0 Å². The van der Waals surface area contributed by atoms with E-state index in [1.54, 1.807) is 24.3 Å². The minimum Gasteiger partial charge on any atom is -0.491 e. The van der Waals surface area contributed by atoms with Crippen molar-refractivity contribution in [2.24, 2.45) is 5.73 Å². The molecule has 12 heteroatoms. The second-order valence-electron chi connectivity index (χ2n) is 8.77. The molecular weight excluding hydrogens is 495 g/mol. The van der Waals surface area contributed by atoms with E-state index in [-0.39, 0.29) is 24.0 Å². The van der Waals surface area contributed by atoms with E-state index in [0.29, 0.717) is 48.4 Å². The molecule has 1 aliphatic rings. The number of halogens is 3. The summed E-state index contributed by atoms with van der Waals surface area (Å²) in [5.41, 5.74) is 8.21. The van der Waals surface area contributed by atoms with Gasteiger partial charge in [-0.05, 0) is 61.4 Å². The fraction of sp³-hybridized carbons (Fsp3) is 0.360. The van der Waals surface area contributed by atoms with Gasteiger partial charge >= 0.3 is 6.18 Å². The summed E-state index contributed by atoms with van der Waals surface area (Å²) in [5.74, 6) is -0.158. The number of nitrogens with one attached hydrogen (secondary N) is 1. The first-order valence-electron chi connectivity index (χ1n) is 11.6. The lowest BCUT2D eigenvalue weighted by molar-refractivity contribution is -0.149. The average Bonchev–Trinajstić information content (AvgIpc) is 3.30. The van der Waals surface area contributed by atoms with Crippen LogP contribution < -0.4 is 20.7 Å². The lowest BCUT2D eigenvalue weighted by Crippen LogP contribution is -2.42. The van der Waals surface area contributed by atoms with E-state index >= 15 is 0 Å². The van der Waals surface area contributed by atoms with Crippen molar-refractivity contribution in [3.63, 3.8) is 0 Å². The van der Waals surface area contributed by atoms with Crippen LogP contribution in [-0.2, 0) is 0 Å². The summed E-state index contributed by atoms with van der Waals surface area (Å²) in [6, 6.07) is 11.5. The van der Waals surface area contributed by atoms with Gasteiger partial charge in [0.2, 0.25) is 5.78 Å². The molecule has 2 aromatic carbocycles. The monoisotopic (exact) mass is 521 g/mol. The molecular formula is C25H26F3N3O6. The predicted octanol–water partition coefficient (Wildman–Crippen LogP) is 3.55. The number of carbonyl (C=O) groups excluding carboxylic acids is 2. The molecule has 1 amide bonds. The van der Waals surface area contributed by atoms with Crippen molar-refractivity contribution < 1.29 is 41.9 Å². The molecule has 1 fully saturated rings. The van der Waals surface area contributed by atoms with Gasteiger partial charge in [-0.3, -0.25) is 19.7 Å². The number of amides is 1. The summed E-state index contributed by atoms with van der Waals surface area (Å²) >= 11 is 0. The van der Waals surface area contributed by atoms with Crippen molar-refractivity contribution in [3.05, 3.63) is 59.9 Å². The Kier molecular flexibility index (Phi) is 8.00. The minimum absolute atomic E-state index is 0.0543. The van der Waals surface area contributed by atoms with Crippen LogP contribution in [0.5, 0.6) is 11.5 Å². The first-order chi connectivity index (χ1) is 17.6. The average molecular weight is 521 g/mol. The summed E-state index contributed by atoms with van der Waals surface area (Å²) in [5, 5.41) is 9.28. The number of rotatable bonds is 9. The number of hydroxylamine groups is 1. The van der Waals surface area contributed by atoms with Crippen molar-refractivity contribution in [1.82, 2.24) is 10.4 Å². The smallest absolute Gasteiger partial charge is 0.401 e. The number of likely N-dealkylation sites (tertiary alicyclic amines) is 1. The highest BCUT2D eigenvalue weighted by Gasteiger charge is 2.33. The molecule has 2 heterocycles. The quantitative estimate of drug-likeness (QED) is 0.222. The highest BCUT2D eigenvalue weighted by Crippen LogP contribution is 2.28. The minimum atomic E-state index is -4.21. The maximum absolute atomic E-state index is 12.8. The zero-order valence-electron chi connectivity index (χ0n) is 19.7. The van der Waals surface area contributed by atoms with Crippen molar-refractivity contribution in [1.29, 1.82) is 0 Å². The van der Waals surface area contributed by atoms with Crippen LogP contribution in [0.4, 0.5) is 13.2 Å². The number of hydrogen-bond donors (Lipinski definition) is 3. The molecule has 0 aliphatic carbocycles. The van der Waals surface area contributed by atoms with E-state index in [1.165, 1.54) is 34.6 Å². The van der Waals surface area contributed by atoms with Crippen LogP contribution >= 0.6 is 0 Å². The second kappa shape index (κ2) is 11.2. The zero-order chi connectivity index (χ0) is 26.6. The van der Waals surface area contributed by atoms with Crippen molar-refractivity contribution in [2.45, 2.75) is 31.2 Å². The van der Waals surface area contributed by atoms with Gasteiger partial charge in [0.1, 0.15) is 35.8 Å². The summed E-state index contributed by atoms with van der Waals surface area (Å²) in [6.45, 7) is -0.444. The van der Waals surface area contributed by atoms with Gasteiger partial charge in [0.15, 0.2) is 5.76 Å². The molecule has 1 aromatic heterocycles. The van der Waals surface area contributed by atoms with Gasteiger partial charge < -0.3 is 19.6 Å². The van der Waals surface area contributed by atoms with Crippen LogP contribution in [0.2, 0.25) is 0 Å². The first kappa shape index (κ1) is 26.5. The van der Waals surface area contributed by atoms with Gasteiger partial charge in [-0.1, -0.05) is 0 Å². The van der Waals surface area contributed by atoms with Gasteiger partial charge in [0, 0.05) is 24.0 Å². The predicted molar refractivity (Wildman–Crippen MR) is 126 cm³/mol. The largest absolute Gasteiger partial charge is 0.491 e. The molecule has 1 aliphatic heterocycles. The third-order valence-corrected chi connectivity index (χ3v) is 5.96. The lowest BCUT2D eigenvalue weighted by Gasteiger charge is -2.32. The Balaban J connectivity index is 1.32. The molecule has 3 aromatic rings. The number of hydrogen-bond acceptors (Lipinski definition) is 8. The van der Waals surface area contributed by atoms with Crippen LogP contribution in [0, 0.1) is 0 Å². The van der Waals surface area contributed by atoms with Crippen LogP contribution in [0.15, 0.2) is 52.9 Å². The van der Waals surface area contributed by atoms with Gasteiger partial charge in [0.05, 0.1) is 6.54 Å². The normalized spacial score (nSPS) is 15.9. The topological polar surface area (TPSA) is 127 Å². The number of nitrogens with zero attached hydrogens (tertiary/aromatic N) is 1. The molecule has 1 saturated heterocycles. The van der Waals surface area contributed by atoms with Crippen LogP contribution in [0.1, 0.15) is 33.8 Å². The Morgan fingerprint density at radius 2 is 1.78 bits per heavy atom. The molecule has 0 saturated carbocycles. The van der Waals surface area contributed by atoms with Crippen LogP contribution in [0.25, 0.3) is 11.0 Å². The van der Waals surface area contributed by atoms with Gasteiger partial charge in [-0.25, -0.2) is 5.48 Å². The van der Waals surface area contributed by atoms with Crippen LogP contribution in [-0.4, -0.2) is 66.4 Å². The number of benzene rings is 2. The third-order valence-electron chi connectivity index (χ3n) is 5.96. The van der Waals surface area contributed by atoms with Gasteiger partial charge in [0.25, 0.3) is 5.91 Å². The number of nitrogens with two attached hydrogens (primary N) is 1. The summed E-state index contributed by atoms with van der Waals surface area (Å²) in [6.07, 6.45) is -3.45. The van der Waals surface area contributed by atoms with E-state index < -0.39 is 30.5 Å². The number of ether oxygens (including phenoxy) is 2. The Hall–Kier alpha value is -3.61. The maximum Gasteiger partial charge on any atom is 0.401 e. The summed E-state index contributed by atoms with van der Waals surface area (Å²) in [4.78, 5) is 25.5. The summed E-state index contributed by atoms with van der Waals surface area (Å²) in [7, 11) is 0. The fourth-order valence-electron chi connectivity index (χ4n) is 4.06. The SMILES string of the molecule is NC(COc1ccc(C(=O)NO)cc1)C(=O)c1cc2cc(OC3CCN(CC(F)(F)F)CC3)ccc2o1. The number of alkyl halides is 3. The van der Waals surface area contributed by atoms with Gasteiger partial charge in [-0.2, -0.15) is 13.2 Å². The highest BCUT2D eigenvalue weighted by atomic mass is 19.4. The number of carbonyl (C=O) groups is 2. The second-order valence-corrected chi connectivity index (χ2v) is 8.77. The molecule has 37 heavy (non-hydrogen) atoms. The molecule has 1 atom stereocenters. The lowest BCUT2D eigenvalue weighted by atomic mass is 10.1. The van der Waals surface area contributed by atoms with E-state index in [0.717, 1.165) is 0 Å². The molecule has 1 unspecified atom stereocenters. The molecule has 4 rings (SSSR count). The van der Waals surface area contributed by atoms with Gasteiger partial charge in [-0.15, -0.1) is 0 Å². The van der Waals surface area contributed by atoms with Crippen molar-refractivity contribution >= 4 is 22.7 Å². The standard InChI is InChI=1S/C25H26F3N3O6/c26-25(27,28)14-31-9-7-18(8-10-31)36-19-5-6-21-16(11-19)12-22(37-21)23(32)20(29)13-35-17-3-1-15(2-4-17)24(33)30-34/h1-6,11-12,18,20,34H,7-10,13-14,29H2,(H,30,33). The van der Waals surface area contributed by atoms with Crippen molar-refractivity contribution in [2.75, 3.05) is 26.2 Å². The number of furan rings is 1. The Labute approximate surface area is 209 Å². The van der Waals surface area contributed by atoms with E-state index in [9.17, 15) is 22.8 Å². The van der Waals surface area contributed by atoms with Crippen LogP contribution in [0.3, 0.4) is 0 Å².